The average Bonchev–Trinajstić information content (AvgIpc) is 2.58. The first kappa shape index (κ1) is 16.4. The Bertz CT molecular complexity index is 891. The number of amides is 1. The van der Waals surface area contributed by atoms with Gasteiger partial charge in [0.1, 0.15) is 0 Å². The molecule has 1 heterocycles. The zero-order valence-corrected chi connectivity index (χ0v) is 15.1. The molecule has 3 nitrogen and oxygen atoms in total. The van der Waals surface area contributed by atoms with Crippen LogP contribution in [-0.4, -0.2) is 10.9 Å². The molecule has 0 bridgehead atoms. The lowest BCUT2D eigenvalue weighted by Crippen LogP contribution is -2.14. The van der Waals surface area contributed by atoms with Crippen LogP contribution in [0, 0.1) is 13.8 Å². The molecule has 0 fully saturated rings. The first-order chi connectivity index (χ1) is 11.6. The van der Waals surface area contributed by atoms with E-state index < -0.39 is 0 Å². The van der Waals surface area contributed by atoms with Gasteiger partial charge >= 0.3 is 0 Å². The molecule has 3 rings (SSSR count). The molecule has 1 amide bonds. The lowest BCUT2D eigenvalue weighted by Gasteiger charge is -2.12. The number of rotatable bonds is 3. The predicted molar refractivity (Wildman–Crippen MR) is 101 cm³/mol. The summed E-state index contributed by atoms with van der Waals surface area (Å²) in [5.41, 5.74) is 5.27. The van der Waals surface area contributed by atoms with Crippen LogP contribution >= 0.6 is 15.9 Å². The van der Waals surface area contributed by atoms with Crippen molar-refractivity contribution >= 4 is 27.5 Å². The van der Waals surface area contributed by atoms with Gasteiger partial charge in [0.25, 0.3) is 5.91 Å². The number of benzene rings is 2. The van der Waals surface area contributed by atoms with Crippen molar-refractivity contribution in [2.24, 2.45) is 0 Å². The van der Waals surface area contributed by atoms with E-state index in [4.69, 9.17) is 0 Å². The Morgan fingerprint density at radius 3 is 2.58 bits per heavy atom. The van der Waals surface area contributed by atoms with Gasteiger partial charge in [-0.25, -0.2) is 0 Å². The van der Waals surface area contributed by atoms with Crippen molar-refractivity contribution in [1.82, 2.24) is 4.98 Å². The molecule has 1 N–H and O–H groups in total. The van der Waals surface area contributed by atoms with E-state index in [9.17, 15) is 4.79 Å². The number of aryl methyl sites for hydroxylation is 1. The van der Waals surface area contributed by atoms with Crippen molar-refractivity contribution in [3.8, 4) is 11.3 Å². The Hall–Kier alpha value is -2.46. The topological polar surface area (TPSA) is 42.0 Å². The molecule has 0 radical (unpaired) electrons. The van der Waals surface area contributed by atoms with E-state index in [0.29, 0.717) is 5.56 Å². The number of halogens is 1. The van der Waals surface area contributed by atoms with Crippen molar-refractivity contribution in [2.75, 3.05) is 5.32 Å². The summed E-state index contributed by atoms with van der Waals surface area (Å²) >= 11 is 3.49. The number of carbonyl (C=O) groups excluding carboxylic acids is 1. The van der Waals surface area contributed by atoms with Gasteiger partial charge in [-0.3, -0.25) is 9.78 Å². The third-order valence-corrected chi connectivity index (χ3v) is 4.55. The van der Waals surface area contributed by atoms with Gasteiger partial charge in [0.15, 0.2) is 0 Å². The fourth-order valence-electron chi connectivity index (χ4n) is 2.59. The highest BCUT2D eigenvalue weighted by Gasteiger charge is 2.14. The first-order valence-corrected chi connectivity index (χ1v) is 8.44. The molecule has 120 valence electrons. The highest BCUT2D eigenvalue weighted by atomic mass is 79.9. The molecular weight excluding hydrogens is 364 g/mol. The number of carbonyl (C=O) groups is 1. The summed E-state index contributed by atoms with van der Waals surface area (Å²) in [6, 6.07) is 17.3. The molecule has 2 aromatic carbocycles. The molecule has 0 aliphatic heterocycles. The van der Waals surface area contributed by atoms with E-state index >= 15 is 0 Å². The highest BCUT2D eigenvalue weighted by molar-refractivity contribution is 9.10. The highest BCUT2D eigenvalue weighted by Crippen LogP contribution is 2.27. The van der Waals surface area contributed by atoms with E-state index in [0.717, 1.165) is 32.5 Å². The van der Waals surface area contributed by atoms with Crippen LogP contribution in [0.1, 0.15) is 21.5 Å². The zero-order chi connectivity index (χ0) is 17.1. The van der Waals surface area contributed by atoms with Crippen molar-refractivity contribution in [2.45, 2.75) is 13.8 Å². The van der Waals surface area contributed by atoms with E-state index in [1.54, 1.807) is 6.20 Å². The second-order valence-electron chi connectivity index (χ2n) is 5.63. The minimum atomic E-state index is -0.130. The van der Waals surface area contributed by atoms with Gasteiger partial charge in [-0.2, -0.15) is 0 Å². The number of hydrogen-bond acceptors (Lipinski definition) is 2. The second kappa shape index (κ2) is 6.97. The van der Waals surface area contributed by atoms with Crippen LogP contribution in [0.2, 0.25) is 0 Å². The monoisotopic (exact) mass is 380 g/mol. The summed E-state index contributed by atoms with van der Waals surface area (Å²) in [6.07, 6.45) is 1.75. The van der Waals surface area contributed by atoms with Crippen LogP contribution in [-0.2, 0) is 0 Å². The summed E-state index contributed by atoms with van der Waals surface area (Å²) in [7, 11) is 0. The minimum Gasteiger partial charge on any atom is -0.321 e. The van der Waals surface area contributed by atoms with Crippen LogP contribution in [0.15, 0.2) is 65.3 Å². The number of nitrogens with zero attached hydrogens (tertiary/aromatic N) is 1. The van der Waals surface area contributed by atoms with Crippen LogP contribution in [0.3, 0.4) is 0 Å². The van der Waals surface area contributed by atoms with Gasteiger partial charge in [-0.15, -0.1) is 0 Å². The van der Waals surface area contributed by atoms with Crippen LogP contribution < -0.4 is 5.32 Å². The molecule has 0 aliphatic carbocycles. The molecule has 4 heteroatoms. The van der Waals surface area contributed by atoms with Crippen LogP contribution in [0.5, 0.6) is 0 Å². The van der Waals surface area contributed by atoms with E-state index in [1.807, 2.05) is 68.4 Å². The van der Waals surface area contributed by atoms with Gasteiger partial charge in [-0.1, -0.05) is 24.3 Å². The summed E-state index contributed by atoms with van der Waals surface area (Å²) < 4.78 is 0.870. The van der Waals surface area contributed by atoms with E-state index in [1.165, 1.54) is 0 Å². The quantitative estimate of drug-likeness (QED) is 0.662. The average molecular weight is 381 g/mol. The third-order valence-electron chi connectivity index (χ3n) is 3.89. The Balaban J connectivity index is 1.93. The lowest BCUT2D eigenvalue weighted by atomic mass is 9.99. The molecule has 0 atom stereocenters. The lowest BCUT2D eigenvalue weighted by molar-refractivity contribution is 0.102. The van der Waals surface area contributed by atoms with Crippen molar-refractivity contribution in [1.29, 1.82) is 0 Å². The molecule has 0 spiro atoms. The SMILES string of the molecule is Cc1ccc(NC(=O)c2cccc(-c3ccccn3)c2C)c(Br)c1. The maximum absolute atomic E-state index is 12.7. The normalized spacial score (nSPS) is 10.5. The summed E-state index contributed by atoms with van der Waals surface area (Å²) in [5, 5.41) is 2.97. The zero-order valence-electron chi connectivity index (χ0n) is 13.5. The molecule has 1 aromatic heterocycles. The van der Waals surface area contributed by atoms with Gasteiger partial charge in [-0.05, 0) is 71.2 Å². The van der Waals surface area contributed by atoms with E-state index in [2.05, 4.69) is 26.2 Å². The van der Waals surface area contributed by atoms with Gasteiger partial charge < -0.3 is 5.32 Å². The van der Waals surface area contributed by atoms with Crippen LogP contribution in [0.4, 0.5) is 5.69 Å². The maximum Gasteiger partial charge on any atom is 0.255 e. The fraction of sp³-hybridized carbons (Fsp3) is 0.100. The Kier molecular flexibility index (Phi) is 4.76. The maximum atomic E-state index is 12.7. The number of aromatic nitrogens is 1. The van der Waals surface area contributed by atoms with Gasteiger partial charge in [0.2, 0.25) is 0 Å². The number of hydrogen-bond donors (Lipinski definition) is 1. The largest absolute Gasteiger partial charge is 0.321 e. The van der Waals surface area contributed by atoms with Gasteiger partial charge in [0.05, 0.1) is 11.4 Å². The Morgan fingerprint density at radius 2 is 1.88 bits per heavy atom. The Labute approximate surface area is 149 Å². The van der Waals surface area contributed by atoms with Crippen molar-refractivity contribution in [3.63, 3.8) is 0 Å². The fourth-order valence-corrected chi connectivity index (χ4v) is 3.18. The molecule has 24 heavy (non-hydrogen) atoms. The smallest absolute Gasteiger partial charge is 0.255 e. The summed E-state index contributed by atoms with van der Waals surface area (Å²) in [5.74, 6) is -0.130. The molecule has 0 saturated carbocycles. The molecular formula is C20H17BrN2O. The molecule has 0 unspecified atom stereocenters. The predicted octanol–water partition coefficient (Wildman–Crippen LogP) is 5.38. The number of anilines is 1. The first-order valence-electron chi connectivity index (χ1n) is 7.65. The summed E-state index contributed by atoms with van der Waals surface area (Å²) in [4.78, 5) is 17.1. The standard InChI is InChI=1S/C20H17BrN2O/c1-13-9-10-19(17(21)12-13)23-20(24)16-7-5-6-15(14(16)2)18-8-3-4-11-22-18/h3-12H,1-2H3,(H,23,24). The number of nitrogens with one attached hydrogen (secondary N) is 1. The van der Waals surface area contributed by atoms with Crippen molar-refractivity contribution < 1.29 is 4.79 Å². The Morgan fingerprint density at radius 1 is 1.04 bits per heavy atom. The van der Waals surface area contributed by atoms with Crippen LogP contribution in [0.25, 0.3) is 11.3 Å². The van der Waals surface area contributed by atoms with Crippen molar-refractivity contribution in [3.05, 3.63) is 82.0 Å². The second-order valence-corrected chi connectivity index (χ2v) is 6.48. The molecule has 0 aliphatic rings. The molecule has 3 aromatic rings. The third kappa shape index (κ3) is 3.39. The van der Waals surface area contributed by atoms with Gasteiger partial charge in [0, 0.05) is 21.8 Å². The minimum absolute atomic E-state index is 0.130. The molecule has 0 saturated heterocycles. The van der Waals surface area contributed by atoms with E-state index in [-0.39, 0.29) is 5.91 Å². The summed E-state index contributed by atoms with van der Waals surface area (Å²) in [6.45, 7) is 3.96. The number of pyridine rings is 1.